The lowest BCUT2D eigenvalue weighted by Crippen LogP contribution is -2.24. The number of hydrogen-bond acceptors (Lipinski definition) is 2. The molecule has 1 amide bonds. The van der Waals surface area contributed by atoms with Crippen LogP contribution < -0.4 is 11.1 Å². The van der Waals surface area contributed by atoms with E-state index < -0.39 is 47.2 Å². The standard InChI is InChI=1S/C8H5F5N2O/c9-3-4(10)6(12)8(7(13)5(3)11)15-2(16)1-14/h1,14H2,(H,15,16). The Morgan fingerprint density at radius 1 is 0.938 bits per heavy atom. The molecular formula is C8H5F5N2O. The maximum absolute atomic E-state index is 12.9. The summed E-state index contributed by atoms with van der Waals surface area (Å²) in [5.41, 5.74) is 3.40. The van der Waals surface area contributed by atoms with E-state index in [0.717, 1.165) is 0 Å². The van der Waals surface area contributed by atoms with Crippen LogP contribution in [0, 0.1) is 29.1 Å². The third kappa shape index (κ3) is 1.96. The van der Waals surface area contributed by atoms with Crippen LogP contribution in [0.4, 0.5) is 27.6 Å². The van der Waals surface area contributed by atoms with Gasteiger partial charge in [0.2, 0.25) is 11.7 Å². The molecule has 88 valence electrons. The minimum atomic E-state index is -2.29. The van der Waals surface area contributed by atoms with E-state index >= 15 is 0 Å². The quantitative estimate of drug-likeness (QED) is 0.464. The smallest absolute Gasteiger partial charge is 0.238 e. The van der Waals surface area contributed by atoms with E-state index in [2.05, 4.69) is 0 Å². The summed E-state index contributed by atoms with van der Waals surface area (Å²) >= 11 is 0. The van der Waals surface area contributed by atoms with Crippen molar-refractivity contribution in [1.82, 2.24) is 0 Å². The molecule has 8 heteroatoms. The maximum Gasteiger partial charge on any atom is 0.238 e. The molecule has 0 saturated heterocycles. The van der Waals surface area contributed by atoms with Gasteiger partial charge < -0.3 is 11.1 Å². The van der Waals surface area contributed by atoms with Gasteiger partial charge in [-0.05, 0) is 0 Å². The van der Waals surface area contributed by atoms with E-state index in [1.807, 2.05) is 0 Å². The highest BCUT2D eigenvalue weighted by molar-refractivity contribution is 5.92. The third-order valence-corrected chi connectivity index (χ3v) is 1.66. The predicted molar refractivity (Wildman–Crippen MR) is 43.9 cm³/mol. The van der Waals surface area contributed by atoms with Crippen molar-refractivity contribution in [1.29, 1.82) is 0 Å². The van der Waals surface area contributed by atoms with Crippen molar-refractivity contribution in [3.63, 3.8) is 0 Å². The fourth-order valence-electron chi connectivity index (χ4n) is 0.905. The van der Waals surface area contributed by atoms with Crippen molar-refractivity contribution >= 4 is 11.6 Å². The van der Waals surface area contributed by atoms with Crippen LogP contribution >= 0.6 is 0 Å². The van der Waals surface area contributed by atoms with Crippen LogP contribution in [0.2, 0.25) is 0 Å². The highest BCUT2D eigenvalue weighted by Crippen LogP contribution is 2.26. The van der Waals surface area contributed by atoms with Crippen LogP contribution in [0.3, 0.4) is 0 Å². The number of anilines is 1. The van der Waals surface area contributed by atoms with E-state index in [9.17, 15) is 26.7 Å². The molecule has 0 aliphatic rings. The fraction of sp³-hybridized carbons (Fsp3) is 0.125. The van der Waals surface area contributed by atoms with Gasteiger partial charge in [-0.3, -0.25) is 4.79 Å². The number of benzene rings is 1. The maximum atomic E-state index is 12.9. The molecule has 0 aromatic heterocycles. The molecule has 0 aliphatic heterocycles. The summed E-state index contributed by atoms with van der Waals surface area (Å²) in [5.74, 6) is -11.9. The van der Waals surface area contributed by atoms with E-state index in [-0.39, 0.29) is 0 Å². The molecule has 0 unspecified atom stereocenters. The number of rotatable bonds is 2. The van der Waals surface area contributed by atoms with Gasteiger partial charge in [-0.2, -0.15) is 0 Å². The Kier molecular flexibility index (Phi) is 3.43. The Hall–Kier alpha value is -1.70. The molecular weight excluding hydrogens is 235 g/mol. The predicted octanol–water partition coefficient (Wildman–Crippen LogP) is 1.28. The first-order chi connectivity index (χ1) is 7.40. The first-order valence-electron chi connectivity index (χ1n) is 3.91. The second-order valence-corrected chi connectivity index (χ2v) is 2.70. The molecule has 16 heavy (non-hydrogen) atoms. The molecule has 3 nitrogen and oxygen atoms in total. The van der Waals surface area contributed by atoms with Crippen molar-refractivity contribution in [2.75, 3.05) is 11.9 Å². The Balaban J connectivity index is 3.34. The largest absolute Gasteiger partial charge is 0.322 e. The van der Waals surface area contributed by atoms with E-state index in [0.29, 0.717) is 0 Å². The van der Waals surface area contributed by atoms with E-state index in [1.54, 1.807) is 0 Å². The Morgan fingerprint density at radius 3 is 1.69 bits per heavy atom. The van der Waals surface area contributed by atoms with Gasteiger partial charge in [0, 0.05) is 0 Å². The summed E-state index contributed by atoms with van der Waals surface area (Å²) in [5, 5.41) is 1.48. The summed E-state index contributed by atoms with van der Waals surface area (Å²) < 4.78 is 63.6. The lowest BCUT2D eigenvalue weighted by Gasteiger charge is -2.08. The van der Waals surface area contributed by atoms with Crippen molar-refractivity contribution in [2.45, 2.75) is 0 Å². The molecule has 0 spiro atoms. The summed E-state index contributed by atoms with van der Waals surface area (Å²) in [7, 11) is 0. The number of amides is 1. The van der Waals surface area contributed by atoms with Crippen molar-refractivity contribution < 1.29 is 26.7 Å². The summed E-state index contributed by atoms with van der Waals surface area (Å²) in [6, 6.07) is 0. The minimum absolute atomic E-state index is 0.653. The molecule has 1 aromatic rings. The van der Waals surface area contributed by atoms with Gasteiger partial charge in [-0.1, -0.05) is 0 Å². The molecule has 0 saturated carbocycles. The van der Waals surface area contributed by atoms with Gasteiger partial charge in [0.15, 0.2) is 23.3 Å². The number of nitrogens with one attached hydrogen (secondary N) is 1. The van der Waals surface area contributed by atoms with Gasteiger partial charge in [0.25, 0.3) is 0 Å². The average molecular weight is 240 g/mol. The van der Waals surface area contributed by atoms with Gasteiger partial charge in [0.1, 0.15) is 5.69 Å². The molecule has 1 rings (SSSR count). The Bertz CT molecular complexity index is 420. The van der Waals surface area contributed by atoms with Gasteiger partial charge in [-0.15, -0.1) is 0 Å². The van der Waals surface area contributed by atoms with Crippen molar-refractivity contribution in [3.05, 3.63) is 29.1 Å². The second kappa shape index (κ2) is 4.44. The van der Waals surface area contributed by atoms with Crippen LogP contribution in [-0.4, -0.2) is 12.5 Å². The van der Waals surface area contributed by atoms with Gasteiger partial charge in [0.05, 0.1) is 6.54 Å². The molecule has 3 N–H and O–H groups in total. The zero-order valence-corrected chi connectivity index (χ0v) is 7.58. The SMILES string of the molecule is NCC(=O)Nc1c(F)c(F)c(F)c(F)c1F. The number of carbonyl (C=O) groups excluding carboxylic acids is 1. The van der Waals surface area contributed by atoms with E-state index in [1.165, 1.54) is 5.32 Å². The average Bonchev–Trinajstić information content (AvgIpc) is 2.29. The zero-order valence-electron chi connectivity index (χ0n) is 7.58. The molecule has 1 aromatic carbocycles. The van der Waals surface area contributed by atoms with Crippen LogP contribution in [0.25, 0.3) is 0 Å². The van der Waals surface area contributed by atoms with Crippen molar-refractivity contribution in [2.24, 2.45) is 5.73 Å². The van der Waals surface area contributed by atoms with Crippen LogP contribution in [0.15, 0.2) is 0 Å². The highest BCUT2D eigenvalue weighted by atomic mass is 19.2. The lowest BCUT2D eigenvalue weighted by atomic mass is 10.2. The lowest BCUT2D eigenvalue weighted by molar-refractivity contribution is -0.115. The number of carbonyl (C=O) groups is 1. The molecule has 0 fully saturated rings. The minimum Gasteiger partial charge on any atom is -0.322 e. The molecule has 0 radical (unpaired) electrons. The Morgan fingerprint density at radius 2 is 1.31 bits per heavy atom. The summed E-state index contributed by atoms with van der Waals surface area (Å²) in [4.78, 5) is 10.7. The van der Waals surface area contributed by atoms with Crippen LogP contribution in [0.1, 0.15) is 0 Å². The van der Waals surface area contributed by atoms with Crippen LogP contribution in [0.5, 0.6) is 0 Å². The second-order valence-electron chi connectivity index (χ2n) is 2.70. The van der Waals surface area contributed by atoms with Crippen LogP contribution in [-0.2, 0) is 4.79 Å². The molecule has 0 atom stereocenters. The normalized spacial score (nSPS) is 10.4. The van der Waals surface area contributed by atoms with E-state index in [4.69, 9.17) is 5.73 Å². The van der Waals surface area contributed by atoms with Gasteiger partial charge >= 0.3 is 0 Å². The topological polar surface area (TPSA) is 55.1 Å². The fourth-order valence-corrected chi connectivity index (χ4v) is 0.905. The monoisotopic (exact) mass is 240 g/mol. The Labute approximate surface area is 86.0 Å². The van der Waals surface area contributed by atoms with Crippen molar-refractivity contribution in [3.8, 4) is 0 Å². The third-order valence-electron chi connectivity index (χ3n) is 1.66. The van der Waals surface area contributed by atoms with Gasteiger partial charge in [-0.25, -0.2) is 22.0 Å². The number of nitrogens with two attached hydrogens (primary N) is 1. The highest BCUT2D eigenvalue weighted by Gasteiger charge is 2.26. The first kappa shape index (κ1) is 12.4. The summed E-state index contributed by atoms with van der Waals surface area (Å²) in [6.45, 7) is -0.653. The number of halogens is 5. The number of hydrogen-bond donors (Lipinski definition) is 2. The zero-order chi connectivity index (χ0) is 12.5. The summed E-state index contributed by atoms with van der Waals surface area (Å²) in [6.07, 6.45) is 0. The molecule has 0 heterocycles. The first-order valence-corrected chi connectivity index (χ1v) is 3.91. The molecule has 0 bridgehead atoms. The molecule has 0 aliphatic carbocycles.